The van der Waals surface area contributed by atoms with Crippen LogP contribution in [0.3, 0.4) is 0 Å². The van der Waals surface area contributed by atoms with Crippen molar-refractivity contribution in [2.24, 2.45) is 0 Å². The molecule has 110 valence electrons. The number of nitrogens with one attached hydrogen (secondary N) is 1. The highest BCUT2D eigenvalue weighted by Gasteiger charge is 2.16. The molecule has 0 amide bonds. The van der Waals surface area contributed by atoms with Gasteiger partial charge in [-0.25, -0.2) is 4.79 Å². The van der Waals surface area contributed by atoms with E-state index in [2.05, 4.69) is 15.2 Å². The number of nitrogens with zero attached hydrogens (tertiary/aromatic N) is 2. The lowest BCUT2D eigenvalue weighted by Gasteiger charge is -2.26. The van der Waals surface area contributed by atoms with Gasteiger partial charge in [-0.1, -0.05) is 0 Å². The average Bonchev–Trinajstić information content (AvgIpc) is 2.38. The summed E-state index contributed by atoms with van der Waals surface area (Å²) in [6, 6.07) is 1.81. The standard InChI is InChI=1S/C14H21N3O2S/c1-10-9-12(13(14(18)19)11(2)16-10)15-3-4-17-5-7-20-8-6-17/h9H,3-8H2,1-2H3,(H,15,16)(H,18,19). The molecule has 6 heteroatoms. The van der Waals surface area contributed by atoms with Crippen LogP contribution in [0, 0.1) is 13.8 Å². The van der Waals surface area contributed by atoms with Crippen LogP contribution < -0.4 is 5.32 Å². The van der Waals surface area contributed by atoms with Gasteiger partial charge in [0.2, 0.25) is 0 Å². The Kier molecular flexibility index (Phi) is 5.25. The largest absolute Gasteiger partial charge is 0.478 e. The summed E-state index contributed by atoms with van der Waals surface area (Å²) < 4.78 is 0. The Bertz CT molecular complexity index is 488. The number of aromatic carboxylic acids is 1. The molecule has 1 aromatic heterocycles. The zero-order chi connectivity index (χ0) is 14.5. The second kappa shape index (κ2) is 6.95. The fourth-order valence-electron chi connectivity index (χ4n) is 2.41. The van der Waals surface area contributed by atoms with Crippen molar-refractivity contribution in [3.8, 4) is 0 Å². The predicted octanol–water partition coefficient (Wildman–Crippen LogP) is 1.86. The number of anilines is 1. The Labute approximate surface area is 123 Å². The minimum atomic E-state index is -0.924. The number of carboxylic acid groups (broad SMARTS) is 1. The number of aryl methyl sites for hydroxylation is 2. The molecule has 0 aromatic carbocycles. The van der Waals surface area contributed by atoms with Gasteiger partial charge >= 0.3 is 5.97 Å². The van der Waals surface area contributed by atoms with Crippen molar-refractivity contribution < 1.29 is 9.90 Å². The minimum absolute atomic E-state index is 0.282. The van der Waals surface area contributed by atoms with E-state index in [1.807, 2.05) is 24.8 Å². The third-order valence-electron chi connectivity index (χ3n) is 3.39. The van der Waals surface area contributed by atoms with Crippen LogP contribution in [0.2, 0.25) is 0 Å². The molecular weight excluding hydrogens is 274 g/mol. The summed E-state index contributed by atoms with van der Waals surface area (Å²) in [5.74, 6) is 1.45. The van der Waals surface area contributed by atoms with Gasteiger partial charge in [0.05, 0.1) is 11.4 Å². The van der Waals surface area contributed by atoms with Crippen molar-refractivity contribution in [3.63, 3.8) is 0 Å². The Hall–Kier alpha value is -1.27. The van der Waals surface area contributed by atoms with Gasteiger partial charge < -0.3 is 10.4 Å². The van der Waals surface area contributed by atoms with Crippen molar-refractivity contribution in [2.45, 2.75) is 13.8 Å². The summed E-state index contributed by atoms with van der Waals surface area (Å²) in [5.41, 5.74) is 2.36. The molecule has 1 aliphatic heterocycles. The fraction of sp³-hybridized carbons (Fsp3) is 0.571. The first-order valence-corrected chi connectivity index (χ1v) is 7.99. The molecule has 0 bridgehead atoms. The maximum atomic E-state index is 11.3. The van der Waals surface area contributed by atoms with Crippen molar-refractivity contribution in [3.05, 3.63) is 23.0 Å². The minimum Gasteiger partial charge on any atom is -0.478 e. The molecular formula is C14H21N3O2S. The Morgan fingerprint density at radius 3 is 2.80 bits per heavy atom. The molecule has 2 heterocycles. The SMILES string of the molecule is Cc1cc(NCCN2CCSCC2)c(C(=O)O)c(C)n1. The number of rotatable bonds is 5. The van der Waals surface area contributed by atoms with E-state index in [9.17, 15) is 9.90 Å². The topological polar surface area (TPSA) is 65.5 Å². The second-order valence-electron chi connectivity index (χ2n) is 4.96. The van der Waals surface area contributed by atoms with Crippen molar-refractivity contribution in [1.82, 2.24) is 9.88 Å². The van der Waals surface area contributed by atoms with E-state index in [0.717, 1.165) is 31.9 Å². The first-order valence-electron chi connectivity index (χ1n) is 6.83. The summed E-state index contributed by atoms with van der Waals surface area (Å²) in [6.07, 6.45) is 0. The third kappa shape index (κ3) is 3.86. The third-order valence-corrected chi connectivity index (χ3v) is 4.33. The van der Waals surface area contributed by atoms with Crippen LogP contribution in [0.15, 0.2) is 6.07 Å². The molecule has 5 nitrogen and oxygen atoms in total. The molecule has 2 N–H and O–H groups in total. The van der Waals surface area contributed by atoms with Gasteiger partial charge in [0.25, 0.3) is 0 Å². The van der Waals surface area contributed by atoms with Crippen LogP contribution in [0.5, 0.6) is 0 Å². The molecule has 0 aliphatic carbocycles. The fourth-order valence-corrected chi connectivity index (χ4v) is 3.39. The van der Waals surface area contributed by atoms with Crippen LogP contribution in [0.4, 0.5) is 5.69 Å². The number of pyridine rings is 1. The van der Waals surface area contributed by atoms with Gasteiger partial charge in [0.15, 0.2) is 0 Å². The molecule has 1 aromatic rings. The van der Waals surface area contributed by atoms with Crippen LogP contribution in [-0.4, -0.2) is 58.6 Å². The van der Waals surface area contributed by atoms with Gasteiger partial charge in [-0.15, -0.1) is 0 Å². The maximum absolute atomic E-state index is 11.3. The van der Waals surface area contributed by atoms with E-state index < -0.39 is 5.97 Å². The highest BCUT2D eigenvalue weighted by atomic mass is 32.2. The summed E-state index contributed by atoms with van der Waals surface area (Å²) in [5, 5.41) is 12.5. The van der Waals surface area contributed by atoms with Gasteiger partial charge in [0.1, 0.15) is 5.56 Å². The highest BCUT2D eigenvalue weighted by molar-refractivity contribution is 7.99. The second-order valence-corrected chi connectivity index (χ2v) is 6.18. The molecule has 2 rings (SSSR count). The van der Waals surface area contributed by atoms with Gasteiger partial charge in [-0.05, 0) is 19.9 Å². The molecule has 1 aliphatic rings. The number of aromatic nitrogens is 1. The smallest absolute Gasteiger partial charge is 0.339 e. The molecule has 0 saturated carbocycles. The van der Waals surface area contributed by atoms with Crippen LogP contribution in [-0.2, 0) is 0 Å². The van der Waals surface area contributed by atoms with Gasteiger partial charge in [0, 0.05) is 43.4 Å². The Balaban J connectivity index is 1.99. The molecule has 0 radical (unpaired) electrons. The lowest BCUT2D eigenvalue weighted by molar-refractivity contribution is 0.0696. The molecule has 0 spiro atoms. The molecule has 0 unspecified atom stereocenters. The number of carbonyl (C=O) groups is 1. The normalized spacial score (nSPS) is 16.1. The predicted molar refractivity (Wildman–Crippen MR) is 82.9 cm³/mol. The van der Waals surface area contributed by atoms with Crippen LogP contribution >= 0.6 is 11.8 Å². The zero-order valence-electron chi connectivity index (χ0n) is 12.0. The van der Waals surface area contributed by atoms with E-state index in [0.29, 0.717) is 11.4 Å². The van der Waals surface area contributed by atoms with Crippen molar-refractivity contribution >= 4 is 23.4 Å². The maximum Gasteiger partial charge on any atom is 0.339 e. The Morgan fingerprint density at radius 2 is 2.15 bits per heavy atom. The quantitative estimate of drug-likeness (QED) is 0.864. The van der Waals surface area contributed by atoms with Gasteiger partial charge in [-0.3, -0.25) is 9.88 Å². The van der Waals surface area contributed by atoms with E-state index in [-0.39, 0.29) is 5.56 Å². The van der Waals surface area contributed by atoms with Gasteiger partial charge in [-0.2, -0.15) is 11.8 Å². The number of carboxylic acids is 1. The summed E-state index contributed by atoms with van der Waals surface area (Å²) in [7, 11) is 0. The molecule has 1 saturated heterocycles. The van der Waals surface area contributed by atoms with E-state index in [1.165, 1.54) is 11.5 Å². The van der Waals surface area contributed by atoms with E-state index in [4.69, 9.17) is 0 Å². The monoisotopic (exact) mass is 295 g/mol. The zero-order valence-corrected chi connectivity index (χ0v) is 12.8. The highest BCUT2D eigenvalue weighted by Crippen LogP contribution is 2.19. The van der Waals surface area contributed by atoms with Crippen molar-refractivity contribution in [1.29, 1.82) is 0 Å². The number of thioether (sulfide) groups is 1. The first kappa shape index (κ1) is 15.1. The first-order chi connectivity index (χ1) is 9.58. The van der Waals surface area contributed by atoms with Crippen LogP contribution in [0.25, 0.3) is 0 Å². The average molecular weight is 295 g/mol. The summed E-state index contributed by atoms with van der Waals surface area (Å²) in [4.78, 5) is 18.0. The van der Waals surface area contributed by atoms with E-state index >= 15 is 0 Å². The van der Waals surface area contributed by atoms with Crippen LogP contribution in [0.1, 0.15) is 21.7 Å². The molecule has 20 heavy (non-hydrogen) atoms. The Morgan fingerprint density at radius 1 is 1.45 bits per heavy atom. The molecule has 0 atom stereocenters. The van der Waals surface area contributed by atoms with E-state index in [1.54, 1.807) is 6.92 Å². The number of hydrogen-bond acceptors (Lipinski definition) is 5. The number of hydrogen-bond donors (Lipinski definition) is 2. The lowest BCUT2D eigenvalue weighted by Crippen LogP contribution is -2.36. The lowest BCUT2D eigenvalue weighted by atomic mass is 10.1. The molecule has 1 fully saturated rings. The van der Waals surface area contributed by atoms with Crippen molar-refractivity contribution in [2.75, 3.05) is 43.0 Å². The summed E-state index contributed by atoms with van der Waals surface area (Å²) >= 11 is 1.99. The summed E-state index contributed by atoms with van der Waals surface area (Å²) in [6.45, 7) is 7.56.